The Morgan fingerprint density at radius 2 is 1.86 bits per heavy atom. The van der Waals surface area contributed by atoms with Crippen molar-refractivity contribution >= 4 is 32.7 Å². The van der Waals surface area contributed by atoms with Crippen LogP contribution in [0.15, 0.2) is 69.9 Å². The number of aryl methyl sites for hydroxylation is 1. The van der Waals surface area contributed by atoms with Gasteiger partial charge < -0.3 is 20.0 Å². The van der Waals surface area contributed by atoms with Gasteiger partial charge in [0.05, 0.1) is 11.0 Å². The van der Waals surface area contributed by atoms with Crippen LogP contribution in [0, 0.1) is 6.92 Å². The third kappa shape index (κ3) is 4.28. The maximum Gasteiger partial charge on any atom is 0.323 e. The summed E-state index contributed by atoms with van der Waals surface area (Å²) in [6.45, 7) is 3.20. The van der Waals surface area contributed by atoms with E-state index in [0.717, 1.165) is 38.1 Å². The number of H-pyrrole nitrogens is 2. The zero-order chi connectivity index (χ0) is 19.5. The van der Waals surface area contributed by atoms with Crippen molar-refractivity contribution in [1.82, 2.24) is 9.97 Å². The molecule has 0 saturated carbocycles. The van der Waals surface area contributed by atoms with Crippen LogP contribution in [0.3, 0.4) is 0 Å². The smallest absolute Gasteiger partial charge is 0.323 e. The zero-order valence-electron chi connectivity index (χ0n) is 15.4. The van der Waals surface area contributed by atoms with Crippen LogP contribution in [0.25, 0.3) is 11.0 Å². The molecule has 5 nitrogen and oxygen atoms in total. The van der Waals surface area contributed by atoms with Gasteiger partial charge in [-0.05, 0) is 48.9 Å². The molecule has 6 heteroatoms. The van der Waals surface area contributed by atoms with E-state index in [9.17, 15) is 4.79 Å². The van der Waals surface area contributed by atoms with Crippen molar-refractivity contribution in [3.05, 3.63) is 92.3 Å². The maximum atomic E-state index is 11.4. The number of halogens is 1. The summed E-state index contributed by atoms with van der Waals surface area (Å²) in [7, 11) is 0. The molecule has 1 heterocycles. The van der Waals surface area contributed by atoms with Gasteiger partial charge in [0.2, 0.25) is 0 Å². The molecule has 28 heavy (non-hydrogen) atoms. The number of hydrogen-bond acceptors (Lipinski definition) is 3. The fourth-order valence-electron chi connectivity index (χ4n) is 3.13. The van der Waals surface area contributed by atoms with Crippen LogP contribution in [-0.2, 0) is 13.2 Å². The Morgan fingerprint density at radius 1 is 1.00 bits per heavy atom. The summed E-state index contributed by atoms with van der Waals surface area (Å²) in [6.07, 6.45) is 0. The molecule has 0 amide bonds. The van der Waals surface area contributed by atoms with Crippen LogP contribution < -0.4 is 15.7 Å². The van der Waals surface area contributed by atoms with E-state index < -0.39 is 0 Å². The molecule has 0 atom stereocenters. The first kappa shape index (κ1) is 18.4. The summed E-state index contributed by atoms with van der Waals surface area (Å²) in [5.41, 5.74) is 5.70. The maximum absolute atomic E-state index is 11.4. The Morgan fingerprint density at radius 3 is 2.71 bits per heavy atom. The Kier molecular flexibility index (Phi) is 5.21. The number of aromatic nitrogens is 2. The number of anilines is 1. The largest absolute Gasteiger partial charge is 0.489 e. The number of fused-ring (bicyclic) bond motifs is 1. The highest BCUT2D eigenvalue weighted by atomic mass is 79.9. The first-order valence-corrected chi connectivity index (χ1v) is 9.79. The minimum Gasteiger partial charge on any atom is -0.489 e. The van der Waals surface area contributed by atoms with Gasteiger partial charge in [-0.3, -0.25) is 0 Å². The van der Waals surface area contributed by atoms with Crippen molar-refractivity contribution in [2.45, 2.75) is 20.1 Å². The van der Waals surface area contributed by atoms with Gasteiger partial charge in [0.15, 0.2) is 0 Å². The van der Waals surface area contributed by atoms with Gasteiger partial charge in [0.25, 0.3) is 0 Å². The van der Waals surface area contributed by atoms with E-state index in [2.05, 4.69) is 62.4 Å². The molecule has 0 aliphatic carbocycles. The van der Waals surface area contributed by atoms with Crippen molar-refractivity contribution in [3.63, 3.8) is 0 Å². The minimum absolute atomic E-state index is 0.203. The van der Waals surface area contributed by atoms with E-state index in [0.29, 0.717) is 13.2 Å². The molecule has 1 aromatic heterocycles. The number of nitrogens with one attached hydrogen (secondary N) is 3. The molecule has 0 unspecified atom stereocenters. The fraction of sp³-hybridized carbons (Fsp3) is 0.136. The lowest BCUT2D eigenvalue weighted by molar-refractivity contribution is 0.303. The van der Waals surface area contributed by atoms with Gasteiger partial charge in [0.1, 0.15) is 12.4 Å². The van der Waals surface area contributed by atoms with Crippen LogP contribution in [0.4, 0.5) is 5.69 Å². The first-order valence-electron chi connectivity index (χ1n) is 8.99. The molecule has 0 spiro atoms. The lowest BCUT2D eigenvalue weighted by Crippen LogP contribution is -2.04. The minimum atomic E-state index is -0.203. The normalized spacial score (nSPS) is 10.9. The summed E-state index contributed by atoms with van der Waals surface area (Å²) in [6, 6.07) is 20.1. The zero-order valence-corrected chi connectivity index (χ0v) is 17.0. The molecule has 0 saturated heterocycles. The second-order valence-electron chi connectivity index (χ2n) is 6.72. The summed E-state index contributed by atoms with van der Waals surface area (Å²) >= 11 is 3.54. The topological polar surface area (TPSA) is 69.9 Å². The second kappa shape index (κ2) is 7.94. The molecule has 0 bridgehead atoms. The van der Waals surface area contributed by atoms with Gasteiger partial charge in [-0.25, -0.2) is 4.79 Å². The number of benzene rings is 3. The highest BCUT2D eigenvalue weighted by Gasteiger charge is 2.07. The highest BCUT2D eigenvalue weighted by Crippen LogP contribution is 2.26. The highest BCUT2D eigenvalue weighted by molar-refractivity contribution is 9.10. The average molecular weight is 438 g/mol. The molecule has 3 N–H and O–H groups in total. The Bertz CT molecular complexity index is 1180. The van der Waals surface area contributed by atoms with Crippen molar-refractivity contribution in [3.8, 4) is 5.75 Å². The van der Waals surface area contributed by atoms with E-state index in [4.69, 9.17) is 4.74 Å². The van der Waals surface area contributed by atoms with Crippen molar-refractivity contribution in [1.29, 1.82) is 0 Å². The summed E-state index contributed by atoms with van der Waals surface area (Å²) in [5.74, 6) is 0.841. The molecule has 0 aliphatic heterocycles. The Hall–Kier alpha value is -2.99. The Labute approximate surface area is 170 Å². The quantitative estimate of drug-likeness (QED) is 0.392. The van der Waals surface area contributed by atoms with Crippen molar-refractivity contribution < 1.29 is 4.74 Å². The summed E-state index contributed by atoms with van der Waals surface area (Å²) in [5, 5.41) is 3.40. The van der Waals surface area contributed by atoms with E-state index >= 15 is 0 Å². The van der Waals surface area contributed by atoms with Gasteiger partial charge >= 0.3 is 5.69 Å². The van der Waals surface area contributed by atoms with Crippen molar-refractivity contribution in [2.24, 2.45) is 0 Å². The van der Waals surface area contributed by atoms with E-state index in [-0.39, 0.29) is 5.69 Å². The number of ether oxygens (including phenoxy) is 1. The second-order valence-corrected chi connectivity index (χ2v) is 7.64. The van der Waals surface area contributed by atoms with E-state index in [1.54, 1.807) is 0 Å². The average Bonchev–Trinajstić information content (AvgIpc) is 3.05. The van der Waals surface area contributed by atoms with Gasteiger partial charge in [0, 0.05) is 22.3 Å². The van der Waals surface area contributed by atoms with E-state index in [1.807, 2.05) is 36.4 Å². The third-order valence-electron chi connectivity index (χ3n) is 4.50. The van der Waals surface area contributed by atoms with Gasteiger partial charge in [-0.1, -0.05) is 45.8 Å². The SMILES string of the molecule is Cc1cccc(COc2ccc(Br)cc2CNc2ccc3[nH]c(=O)[nH]c3c2)c1. The molecule has 0 radical (unpaired) electrons. The molecule has 0 aliphatic rings. The summed E-state index contributed by atoms with van der Waals surface area (Å²) < 4.78 is 7.08. The molecular formula is C22H20BrN3O2. The van der Waals surface area contributed by atoms with Crippen LogP contribution in [0.1, 0.15) is 16.7 Å². The van der Waals surface area contributed by atoms with E-state index in [1.165, 1.54) is 5.56 Å². The predicted molar refractivity (Wildman–Crippen MR) is 116 cm³/mol. The van der Waals surface area contributed by atoms with Crippen LogP contribution in [0.2, 0.25) is 0 Å². The summed E-state index contributed by atoms with van der Waals surface area (Å²) in [4.78, 5) is 16.9. The molecule has 4 rings (SSSR count). The van der Waals surface area contributed by atoms with Crippen molar-refractivity contribution in [2.75, 3.05) is 5.32 Å². The van der Waals surface area contributed by atoms with Gasteiger partial charge in [-0.2, -0.15) is 0 Å². The molecule has 142 valence electrons. The third-order valence-corrected chi connectivity index (χ3v) is 4.99. The van der Waals surface area contributed by atoms with Crippen LogP contribution in [-0.4, -0.2) is 9.97 Å². The lowest BCUT2D eigenvalue weighted by Gasteiger charge is -2.14. The number of rotatable bonds is 6. The number of imidazole rings is 1. The molecule has 3 aromatic carbocycles. The molecule has 0 fully saturated rings. The fourth-order valence-corrected chi connectivity index (χ4v) is 3.54. The van der Waals surface area contributed by atoms with Crippen LogP contribution >= 0.6 is 15.9 Å². The standard InChI is InChI=1S/C22H20BrN3O2/c1-14-3-2-4-15(9-14)13-28-21-8-5-17(23)10-16(21)12-24-18-6-7-19-20(11-18)26-22(27)25-19/h2-11,24H,12-13H2,1H3,(H2,25,26,27). The first-order chi connectivity index (χ1) is 13.6. The van der Waals surface area contributed by atoms with Gasteiger partial charge in [-0.15, -0.1) is 0 Å². The number of hydrogen-bond donors (Lipinski definition) is 3. The Balaban J connectivity index is 1.49. The molecular weight excluding hydrogens is 418 g/mol. The lowest BCUT2D eigenvalue weighted by atomic mass is 10.1. The predicted octanol–water partition coefficient (Wildman–Crippen LogP) is 5.12. The van der Waals surface area contributed by atoms with Crippen LogP contribution in [0.5, 0.6) is 5.75 Å². The number of aromatic amines is 2. The monoisotopic (exact) mass is 437 g/mol. The molecule has 4 aromatic rings.